The van der Waals surface area contributed by atoms with Gasteiger partial charge in [0, 0.05) is 53.9 Å². The second-order valence-corrected chi connectivity index (χ2v) is 14.5. The Hall–Kier alpha value is -6.88. The monoisotopic (exact) mass is 707 g/mol. The Morgan fingerprint density at radius 1 is 0.370 bits per heavy atom. The molecule has 10 aromatic rings. The first kappa shape index (κ1) is 31.8. The number of hydrogen-bond acceptors (Lipinski definition) is 4. The minimum absolute atomic E-state index is 0.734. The van der Waals surface area contributed by atoms with Gasteiger partial charge in [-0.3, -0.25) is 0 Å². The molecule has 8 aromatic carbocycles. The zero-order valence-electron chi connectivity index (χ0n) is 29.3. The normalized spacial score (nSPS) is 11.3. The van der Waals surface area contributed by atoms with Crippen molar-refractivity contribution < 1.29 is 0 Å². The fraction of sp³-hybridized carbons (Fsp3) is 0. The third kappa shape index (κ3) is 5.89. The molecule has 0 amide bonds. The number of thiophene rings is 1. The Morgan fingerprint density at radius 2 is 0.963 bits per heavy atom. The molecule has 0 aliphatic rings. The number of anilines is 3. The lowest BCUT2D eigenvalue weighted by molar-refractivity contribution is 1.19. The van der Waals surface area contributed by atoms with Crippen molar-refractivity contribution in [2.45, 2.75) is 0 Å². The predicted molar refractivity (Wildman–Crippen MR) is 229 cm³/mol. The summed E-state index contributed by atoms with van der Waals surface area (Å²) in [6.45, 7) is 0. The first-order valence-corrected chi connectivity index (χ1v) is 19.0. The number of nitrogens with zero attached hydrogens (tertiary/aromatic N) is 3. The van der Waals surface area contributed by atoms with Crippen molar-refractivity contribution in [2.75, 3.05) is 4.90 Å². The number of fused-ring (bicyclic) bond motifs is 4. The van der Waals surface area contributed by atoms with E-state index in [1.54, 1.807) is 0 Å². The Bertz CT molecular complexity index is 2860. The molecule has 54 heavy (non-hydrogen) atoms. The molecule has 0 bridgehead atoms. The first-order valence-electron chi connectivity index (χ1n) is 18.2. The van der Waals surface area contributed by atoms with Crippen molar-refractivity contribution in [3.63, 3.8) is 0 Å². The van der Waals surface area contributed by atoms with E-state index in [4.69, 9.17) is 9.97 Å². The van der Waals surface area contributed by atoms with Crippen LogP contribution in [0.1, 0.15) is 0 Å². The second kappa shape index (κ2) is 13.6. The lowest BCUT2D eigenvalue weighted by atomic mass is 10.0. The summed E-state index contributed by atoms with van der Waals surface area (Å²) in [5, 5.41) is 4.92. The van der Waals surface area contributed by atoms with Crippen LogP contribution in [-0.4, -0.2) is 9.97 Å². The van der Waals surface area contributed by atoms with Crippen LogP contribution in [0.3, 0.4) is 0 Å². The molecule has 0 aliphatic carbocycles. The largest absolute Gasteiger partial charge is 0.310 e. The minimum atomic E-state index is 0.734. The van der Waals surface area contributed by atoms with E-state index in [1.165, 1.54) is 42.1 Å². The molecule has 0 radical (unpaired) electrons. The predicted octanol–water partition coefficient (Wildman–Crippen LogP) is 14.1. The van der Waals surface area contributed by atoms with Crippen LogP contribution in [0.5, 0.6) is 0 Å². The number of benzene rings is 8. The molecule has 0 saturated heterocycles. The van der Waals surface area contributed by atoms with Crippen LogP contribution in [0.15, 0.2) is 200 Å². The highest BCUT2D eigenvalue weighted by Crippen LogP contribution is 2.42. The second-order valence-electron chi connectivity index (χ2n) is 13.4. The maximum absolute atomic E-state index is 5.16. The van der Waals surface area contributed by atoms with Crippen LogP contribution in [0.2, 0.25) is 0 Å². The molecule has 254 valence electrons. The molecule has 0 spiro atoms. The summed E-state index contributed by atoms with van der Waals surface area (Å²) >= 11 is 1.81. The molecule has 3 nitrogen and oxygen atoms in total. The number of hydrogen-bond donors (Lipinski definition) is 0. The zero-order chi connectivity index (χ0) is 35.8. The van der Waals surface area contributed by atoms with Crippen molar-refractivity contribution in [3.05, 3.63) is 200 Å². The van der Waals surface area contributed by atoms with Gasteiger partial charge in [0.2, 0.25) is 0 Å². The fourth-order valence-electron chi connectivity index (χ4n) is 7.38. The van der Waals surface area contributed by atoms with Gasteiger partial charge in [-0.15, -0.1) is 11.3 Å². The molecular formula is C50H33N3S. The van der Waals surface area contributed by atoms with E-state index in [1.807, 2.05) is 23.5 Å². The van der Waals surface area contributed by atoms with Gasteiger partial charge in [0.1, 0.15) is 0 Å². The molecule has 2 heterocycles. The molecule has 4 heteroatoms. The number of para-hydroxylation sites is 1. The lowest BCUT2D eigenvalue weighted by Gasteiger charge is -2.26. The highest BCUT2D eigenvalue weighted by Gasteiger charge is 2.17. The molecular weight excluding hydrogens is 675 g/mol. The van der Waals surface area contributed by atoms with Crippen molar-refractivity contribution >= 4 is 59.3 Å². The maximum Gasteiger partial charge on any atom is 0.161 e. The Labute approximate surface area is 318 Å². The van der Waals surface area contributed by atoms with E-state index >= 15 is 0 Å². The maximum atomic E-state index is 5.16. The highest BCUT2D eigenvalue weighted by atomic mass is 32.1. The molecule has 10 rings (SSSR count). The molecule has 0 N–H and O–H groups in total. The van der Waals surface area contributed by atoms with E-state index in [-0.39, 0.29) is 0 Å². The van der Waals surface area contributed by atoms with Gasteiger partial charge in [0.15, 0.2) is 5.82 Å². The number of rotatable bonds is 7. The summed E-state index contributed by atoms with van der Waals surface area (Å²) in [5.41, 5.74) is 10.7. The zero-order valence-corrected chi connectivity index (χ0v) is 30.1. The average molecular weight is 708 g/mol. The van der Waals surface area contributed by atoms with Gasteiger partial charge < -0.3 is 4.90 Å². The van der Waals surface area contributed by atoms with Gasteiger partial charge in [0.05, 0.1) is 11.4 Å². The van der Waals surface area contributed by atoms with E-state index in [9.17, 15) is 0 Å². The average Bonchev–Trinajstić information content (AvgIpc) is 3.63. The van der Waals surface area contributed by atoms with E-state index in [2.05, 4.69) is 193 Å². The van der Waals surface area contributed by atoms with Gasteiger partial charge >= 0.3 is 0 Å². The lowest BCUT2D eigenvalue weighted by Crippen LogP contribution is -2.09. The molecule has 0 fully saturated rings. The van der Waals surface area contributed by atoms with Crippen molar-refractivity contribution in [1.82, 2.24) is 9.97 Å². The van der Waals surface area contributed by atoms with Crippen molar-refractivity contribution in [3.8, 4) is 45.0 Å². The van der Waals surface area contributed by atoms with Gasteiger partial charge in [-0.1, -0.05) is 146 Å². The SMILES string of the molecule is c1ccc(-c2cc(-c3ccccc3)nc(-c3cccc4c3sc3cc(-c5ccc(N(c6ccccc6)c6ccc7ccccc7c6)cc5)ccc34)n2)cc1. The van der Waals surface area contributed by atoms with Crippen LogP contribution >= 0.6 is 11.3 Å². The Kier molecular flexibility index (Phi) is 8.01. The summed E-state index contributed by atoms with van der Waals surface area (Å²) in [4.78, 5) is 12.6. The standard InChI is InChI=1S/C50H33N3S/c1-4-14-36(15-5-1)46-33-47(37-16-6-2-7-17-37)52-50(51-46)45-22-12-21-44-43-30-26-39(32-48(43)54-49(44)45)35-23-27-41(28-24-35)53(40-19-8-3-9-20-40)42-29-25-34-13-10-11-18-38(34)31-42/h1-33H. The van der Waals surface area contributed by atoms with Crippen LogP contribution in [0, 0.1) is 0 Å². The van der Waals surface area contributed by atoms with Crippen LogP contribution in [0.4, 0.5) is 17.1 Å². The molecule has 0 atom stereocenters. The quantitative estimate of drug-likeness (QED) is 0.165. The number of aromatic nitrogens is 2. The van der Waals surface area contributed by atoms with Crippen LogP contribution in [-0.2, 0) is 0 Å². The topological polar surface area (TPSA) is 29.0 Å². The third-order valence-corrected chi connectivity index (χ3v) is 11.3. The molecule has 0 aliphatic heterocycles. The summed E-state index contributed by atoms with van der Waals surface area (Å²) in [6.07, 6.45) is 0. The van der Waals surface area contributed by atoms with Crippen molar-refractivity contribution in [2.24, 2.45) is 0 Å². The summed E-state index contributed by atoms with van der Waals surface area (Å²) in [7, 11) is 0. The highest BCUT2D eigenvalue weighted by molar-refractivity contribution is 7.26. The van der Waals surface area contributed by atoms with Gasteiger partial charge in [-0.25, -0.2) is 9.97 Å². The van der Waals surface area contributed by atoms with E-state index in [0.717, 1.165) is 51.0 Å². The summed E-state index contributed by atoms with van der Waals surface area (Å²) in [5.74, 6) is 0.734. The molecule has 0 unspecified atom stereocenters. The van der Waals surface area contributed by atoms with Crippen molar-refractivity contribution in [1.29, 1.82) is 0 Å². The smallest absolute Gasteiger partial charge is 0.161 e. The van der Waals surface area contributed by atoms with Crippen LogP contribution in [0.25, 0.3) is 76.0 Å². The Balaban J connectivity index is 1.04. The van der Waals surface area contributed by atoms with E-state index in [0.29, 0.717) is 0 Å². The fourth-order valence-corrected chi connectivity index (χ4v) is 8.63. The van der Waals surface area contributed by atoms with E-state index < -0.39 is 0 Å². The summed E-state index contributed by atoms with van der Waals surface area (Å²) in [6, 6.07) is 70.9. The minimum Gasteiger partial charge on any atom is -0.310 e. The third-order valence-electron chi connectivity index (χ3n) is 10.1. The Morgan fingerprint density at radius 3 is 1.67 bits per heavy atom. The van der Waals surface area contributed by atoms with Gasteiger partial charge in [-0.05, 0) is 76.5 Å². The van der Waals surface area contributed by atoms with Crippen LogP contribution < -0.4 is 4.90 Å². The summed E-state index contributed by atoms with van der Waals surface area (Å²) < 4.78 is 2.43. The van der Waals surface area contributed by atoms with Gasteiger partial charge in [-0.2, -0.15) is 0 Å². The van der Waals surface area contributed by atoms with Gasteiger partial charge in [0.25, 0.3) is 0 Å². The molecule has 0 saturated carbocycles. The first-order chi connectivity index (χ1) is 26.7. The molecule has 2 aromatic heterocycles.